The smallest absolute Gasteiger partial charge is 0.192 e. The van der Waals surface area contributed by atoms with E-state index in [1.54, 1.807) is 10.7 Å². The summed E-state index contributed by atoms with van der Waals surface area (Å²) in [6.45, 7) is 0. The zero-order chi connectivity index (χ0) is 11.9. The van der Waals surface area contributed by atoms with E-state index in [4.69, 9.17) is 0 Å². The van der Waals surface area contributed by atoms with E-state index >= 15 is 0 Å². The molecule has 0 spiro atoms. The van der Waals surface area contributed by atoms with Crippen LogP contribution in [-0.4, -0.2) is 45.6 Å². The van der Waals surface area contributed by atoms with Gasteiger partial charge in [0.2, 0.25) is 0 Å². The standard InChI is InChI=1S/C9H5N9/c1-2-5-4-6(7-11-14-15-12-7)9-13-16-17-18(9)8(5)10-3-1/h1-4H,(H,11,12,14,15). The van der Waals surface area contributed by atoms with Gasteiger partial charge in [0.1, 0.15) is 0 Å². The van der Waals surface area contributed by atoms with Crippen molar-refractivity contribution in [2.45, 2.75) is 0 Å². The SMILES string of the molecule is c1cnc2c(c1)cc(-c1nnn[nH]1)c1nnnn12. The molecular formula is C9H5N9. The summed E-state index contributed by atoms with van der Waals surface area (Å²) >= 11 is 0. The van der Waals surface area contributed by atoms with E-state index in [1.807, 2.05) is 18.2 Å². The highest BCUT2D eigenvalue weighted by atomic mass is 15.5. The molecule has 4 aromatic rings. The molecule has 0 atom stereocenters. The molecule has 9 heteroatoms. The summed E-state index contributed by atoms with van der Waals surface area (Å²) in [4.78, 5) is 4.26. The third-order valence-corrected chi connectivity index (χ3v) is 2.63. The Hall–Kier alpha value is -2.97. The predicted octanol–water partition coefficient (Wildman–Crippen LogP) is -0.147. The lowest BCUT2D eigenvalue weighted by molar-refractivity contribution is 0.835. The molecule has 4 rings (SSSR count). The molecular weight excluding hydrogens is 234 g/mol. The molecule has 0 aliphatic carbocycles. The van der Waals surface area contributed by atoms with Crippen LogP contribution in [0.5, 0.6) is 0 Å². The minimum absolute atomic E-state index is 0.514. The average molecular weight is 239 g/mol. The van der Waals surface area contributed by atoms with Gasteiger partial charge in [0.25, 0.3) is 0 Å². The maximum atomic E-state index is 4.26. The average Bonchev–Trinajstić information content (AvgIpc) is 3.09. The van der Waals surface area contributed by atoms with Crippen LogP contribution in [0.2, 0.25) is 0 Å². The third-order valence-electron chi connectivity index (χ3n) is 2.63. The van der Waals surface area contributed by atoms with Crippen LogP contribution in [0, 0.1) is 0 Å². The van der Waals surface area contributed by atoms with Gasteiger partial charge >= 0.3 is 0 Å². The van der Waals surface area contributed by atoms with E-state index in [0.717, 1.165) is 10.9 Å². The molecule has 18 heavy (non-hydrogen) atoms. The van der Waals surface area contributed by atoms with E-state index in [9.17, 15) is 0 Å². The number of aromatic amines is 1. The number of rotatable bonds is 1. The van der Waals surface area contributed by atoms with E-state index in [0.29, 0.717) is 17.1 Å². The Morgan fingerprint density at radius 3 is 3.00 bits per heavy atom. The van der Waals surface area contributed by atoms with Crippen molar-refractivity contribution in [3.8, 4) is 11.4 Å². The number of nitrogens with one attached hydrogen (secondary N) is 1. The summed E-state index contributed by atoms with van der Waals surface area (Å²) in [6.07, 6.45) is 1.69. The molecule has 86 valence electrons. The zero-order valence-electron chi connectivity index (χ0n) is 8.89. The van der Waals surface area contributed by atoms with Crippen molar-refractivity contribution in [3.05, 3.63) is 24.4 Å². The first-order valence-electron chi connectivity index (χ1n) is 5.13. The molecule has 0 unspecified atom stereocenters. The lowest BCUT2D eigenvalue weighted by Crippen LogP contribution is -1.96. The van der Waals surface area contributed by atoms with E-state index in [-0.39, 0.29) is 0 Å². The van der Waals surface area contributed by atoms with E-state index < -0.39 is 0 Å². The lowest BCUT2D eigenvalue weighted by Gasteiger charge is -2.01. The van der Waals surface area contributed by atoms with Gasteiger partial charge in [0, 0.05) is 11.6 Å². The summed E-state index contributed by atoms with van der Waals surface area (Å²) in [5.74, 6) is 0.514. The first-order valence-corrected chi connectivity index (χ1v) is 5.13. The Bertz CT molecular complexity index is 832. The van der Waals surface area contributed by atoms with Gasteiger partial charge < -0.3 is 0 Å². The van der Waals surface area contributed by atoms with Crippen molar-refractivity contribution in [2.75, 3.05) is 0 Å². The Kier molecular flexibility index (Phi) is 1.65. The van der Waals surface area contributed by atoms with Crippen LogP contribution in [0.15, 0.2) is 24.4 Å². The van der Waals surface area contributed by atoms with Crippen molar-refractivity contribution in [1.29, 1.82) is 0 Å². The highest BCUT2D eigenvalue weighted by Crippen LogP contribution is 2.23. The van der Waals surface area contributed by atoms with Crippen LogP contribution in [0.3, 0.4) is 0 Å². The largest absolute Gasteiger partial charge is 0.239 e. The van der Waals surface area contributed by atoms with Crippen molar-refractivity contribution < 1.29 is 0 Å². The maximum Gasteiger partial charge on any atom is 0.192 e. The van der Waals surface area contributed by atoms with Crippen molar-refractivity contribution in [3.63, 3.8) is 0 Å². The first-order chi connectivity index (χ1) is 8.93. The number of hydrogen-bond donors (Lipinski definition) is 1. The fourth-order valence-electron chi connectivity index (χ4n) is 1.86. The molecule has 0 aromatic carbocycles. The fraction of sp³-hybridized carbons (Fsp3) is 0. The van der Waals surface area contributed by atoms with E-state index in [1.165, 1.54) is 0 Å². The first kappa shape index (κ1) is 9.10. The second-order valence-electron chi connectivity index (χ2n) is 3.64. The van der Waals surface area contributed by atoms with Crippen LogP contribution in [-0.2, 0) is 0 Å². The number of fused-ring (bicyclic) bond motifs is 3. The molecule has 0 fully saturated rings. The second kappa shape index (κ2) is 3.26. The van der Waals surface area contributed by atoms with Gasteiger partial charge in [-0.05, 0) is 39.1 Å². The van der Waals surface area contributed by atoms with Gasteiger partial charge in [0.15, 0.2) is 17.1 Å². The number of tetrazole rings is 2. The highest BCUT2D eigenvalue weighted by Gasteiger charge is 2.14. The molecule has 0 amide bonds. The summed E-state index contributed by atoms with van der Waals surface area (Å²) in [5.41, 5.74) is 1.97. The third kappa shape index (κ3) is 1.12. The molecule has 0 radical (unpaired) electrons. The summed E-state index contributed by atoms with van der Waals surface area (Å²) < 4.78 is 1.56. The van der Waals surface area contributed by atoms with Crippen molar-refractivity contribution >= 4 is 16.7 Å². The molecule has 0 aliphatic rings. The molecule has 4 aromatic heterocycles. The number of aromatic nitrogens is 9. The lowest BCUT2D eigenvalue weighted by atomic mass is 10.2. The molecule has 0 bridgehead atoms. The molecule has 0 aliphatic heterocycles. The Balaban J connectivity index is 2.21. The minimum atomic E-state index is 0.514. The van der Waals surface area contributed by atoms with Gasteiger partial charge in [0.05, 0.1) is 5.56 Å². The number of pyridine rings is 2. The quantitative estimate of drug-likeness (QED) is 0.491. The van der Waals surface area contributed by atoms with Gasteiger partial charge in [-0.15, -0.1) is 10.2 Å². The van der Waals surface area contributed by atoms with Crippen LogP contribution < -0.4 is 0 Å². The summed E-state index contributed by atoms with van der Waals surface area (Å²) in [6, 6.07) is 5.67. The summed E-state index contributed by atoms with van der Waals surface area (Å²) in [7, 11) is 0. The summed E-state index contributed by atoms with van der Waals surface area (Å²) in [5, 5.41) is 26.2. The Morgan fingerprint density at radius 2 is 2.11 bits per heavy atom. The Morgan fingerprint density at radius 1 is 1.11 bits per heavy atom. The van der Waals surface area contributed by atoms with Crippen LogP contribution in [0.1, 0.15) is 0 Å². The van der Waals surface area contributed by atoms with Crippen LogP contribution in [0.4, 0.5) is 0 Å². The molecule has 0 saturated carbocycles. The zero-order valence-corrected chi connectivity index (χ0v) is 8.89. The van der Waals surface area contributed by atoms with Crippen molar-refractivity contribution in [1.82, 2.24) is 45.6 Å². The fourth-order valence-corrected chi connectivity index (χ4v) is 1.86. The molecule has 9 nitrogen and oxygen atoms in total. The van der Waals surface area contributed by atoms with Gasteiger partial charge in [-0.3, -0.25) is 0 Å². The van der Waals surface area contributed by atoms with Crippen LogP contribution >= 0.6 is 0 Å². The maximum absolute atomic E-state index is 4.26. The second-order valence-corrected chi connectivity index (χ2v) is 3.64. The predicted molar refractivity (Wildman–Crippen MR) is 59.3 cm³/mol. The Labute approximate surface area is 98.8 Å². The number of hydrogen-bond acceptors (Lipinski definition) is 7. The molecule has 1 N–H and O–H groups in total. The number of nitrogens with zero attached hydrogens (tertiary/aromatic N) is 8. The number of H-pyrrole nitrogens is 1. The monoisotopic (exact) mass is 239 g/mol. The topological polar surface area (TPSA) is 110 Å². The van der Waals surface area contributed by atoms with Crippen molar-refractivity contribution in [2.24, 2.45) is 0 Å². The van der Waals surface area contributed by atoms with Gasteiger partial charge in [-0.25, -0.2) is 10.1 Å². The van der Waals surface area contributed by atoms with Gasteiger partial charge in [-0.1, -0.05) is 0 Å². The van der Waals surface area contributed by atoms with E-state index in [2.05, 4.69) is 41.1 Å². The minimum Gasteiger partial charge on any atom is -0.239 e. The molecule has 4 heterocycles. The molecule has 0 saturated heterocycles. The highest BCUT2D eigenvalue weighted by molar-refractivity contribution is 5.87. The normalized spacial score (nSPS) is 11.3. The van der Waals surface area contributed by atoms with Crippen LogP contribution in [0.25, 0.3) is 28.1 Å². The van der Waals surface area contributed by atoms with Gasteiger partial charge in [-0.2, -0.15) is 4.52 Å².